The molecular weight excluding hydrogens is 320 g/mol. The standard InChI is InChI=1S/C18H24N4OS/c1-13-10-15(19-22(13)14-8-6-5-7-9-14)18(23)21-11-16(20(2)3)17(12-21)24-4/h5-10,16-17H,11-12H2,1-4H3/t16-,17+/m1/s1. The minimum Gasteiger partial charge on any atom is -0.334 e. The summed E-state index contributed by atoms with van der Waals surface area (Å²) in [5.74, 6) is 0.0242. The summed E-state index contributed by atoms with van der Waals surface area (Å²) in [4.78, 5) is 17.0. The summed E-state index contributed by atoms with van der Waals surface area (Å²) >= 11 is 1.83. The molecule has 0 unspecified atom stereocenters. The van der Waals surface area contributed by atoms with Crippen molar-refractivity contribution < 1.29 is 4.79 Å². The van der Waals surface area contributed by atoms with Gasteiger partial charge in [0.25, 0.3) is 5.91 Å². The number of likely N-dealkylation sites (tertiary alicyclic amines) is 1. The molecule has 1 aromatic heterocycles. The number of thioether (sulfide) groups is 1. The van der Waals surface area contributed by atoms with Crippen molar-refractivity contribution in [1.29, 1.82) is 0 Å². The zero-order valence-corrected chi connectivity index (χ0v) is 15.5. The molecule has 0 spiro atoms. The van der Waals surface area contributed by atoms with E-state index in [4.69, 9.17) is 0 Å². The number of nitrogens with zero attached hydrogens (tertiary/aromatic N) is 4. The number of carbonyl (C=O) groups is 1. The maximum atomic E-state index is 12.9. The van der Waals surface area contributed by atoms with Gasteiger partial charge < -0.3 is 9.80 Å². The van der Waals surface area contributed by atoms with Gasteiger partial charge in [0.05, 0.1) is 5.69 Å². The number of aryl methyl sites for hydroxylation is 1. The fourth-order valence-corrected chi connectivity index (χ4v) is 4.19. The Morgan fingerprint density at radius 2 is 1.96 bits per heavy atom. The summed E-state index contributed by atoms with van der Waals surface area (Å²) in [6.07, 6.45) is 2.11. The van der Waals surface area contributed by atoms with Crippen LogP contribution in [0.1, 0.15) is 16.2 Å². The van der Waals surface area contributed by atoms with Crippen molar-refractivity contribution in [1.82, 2.24) is 19.6 Å². The van der Waals surface area contributed by atoms with Crippen LogP contribution >= 0.6 is 11.8 Å². The highest BCUT2D eigenvalue weighted by Crippen LogP contribution is 2.25. The zero-order chi connectivity index (χ0) is 17.3. The van der Waals surface area contributed by atoms with Gasteiger partial charge in [-0.15, -0.1) is 0 Å². The van der Waals surface area contributed by atoms with Crippen LogP contribution in [0, 0.1) is 6.92 Å². The summed E-state index contributed by atoms with van der Waals surface area (Å²) in [6, 6.07) is 12.2. The first-order valence-electron chi connectivity index (χ1n) is 8.12. The van der Waals surface area contributed by atoms with Crippen molar-refractivity contribution in [2.75, 3.05) is 33.4 Å². The van der Waals surface area contributed by atoms with Gasteiger partial charge in [0.2, 0.25) is 0 Å². The number of hydrogen-bond acceptors (Lipinski definition) is 4. The minimum absolute atomic E-state index is 0.0242. The van der Waals surface area contributed by atoms with E-state index in [0.717, 1.165) is 24.5 Å². The van der Waals surface area contributed by atoms with E-state index in [1.807, 2.05) is 64.7 Å². The Morgan fingerprint density at radius 3 is 2.54 bits per heavy atom. The van der Waals surface area contributed by atoms with E-state index in [1.165, 1.54) is 0 Å². The number of carbonyl (C=O) groups excluding carboxylic acids is 1. The van der Waals surface area contributed by atoms with Gasteiger partial charge in [-0.2, -0.15) is 16.9 Å². The number of hydrogen-bond donors (Lipinski definition) is 0. The van der Waals surface area contributed by atoms with Crippen molar-refractivity contribution >= 4 is 17.7 Å². The third-order valence-electron chi connectivity index (χ3n) is 4.60. The fraction of sp³-hybridized carbons (Fsp3) is 0.444. The molecule has 0 bridgehead atoms. The lowest BCUT2D eigenvalue weighted by molar-refractivity contribution is 0.0777. The lowest BCUT2D eigenvalue weighted by Gasteiger charge is -2.23. The second kappa shape index (κ2) is 6.99. The van der Waals surface area contributed by atoms with Gasteiger partial charge in [-0.25, -0.2) is 4.68 Å². The van der Waals surface area contributed by atoms with Gasteiger partial charge in [0, 0.05) is 30.1 Å². The third-order valence-corrected chi connectivity index (χ3v) is 5.67. The normalized spacial score (nSPS) is 20.8. The molecule has 1 amide bonds. The molecule has 1 aromatic carbocycles. The van der Waals surface area contributed by atoms with Crippen LogP contribution in [-0.4, -0.2) is 70.2 Å². The molecule has 3 rings (SSSR count). The molecule has 5 nitrogen and oxygen atoms in total. The highest BCUT2D eigenvalue weighted by atomic mass is 32.2. The first-order chi connectivity index (χ1) is 11.5. The largest absolute Gasteiger partial charge is 0.334 e. The van der Waals surface area contributed by atoms with Crippen LogP contribution < -0.4 is 0 Å². The van der Waals surface area contributed by atoms with Crippen LogP contribution in [0.2, 0.25) is 0 Å². The fourth-order valence-electron chi connectivity index (χ4n) is 3.22. The first-order valence-corrected chi connectivity index (χ1v) is 9.40. The number of amides is 1. The molecule has 1 fully saturated rings. The highest BCUT2D eigenvalue weighted by molar-refractivity contribution is 7.99. The van der Waals surface area contributed by atoms with Gasteiger partial charge in [-0.3, -0.25) is 4.79 Å². The van der Waals surface area contributed by atoms with Gasteiger partial charge in [-0.1, -0.05) is 18.2 Å². The van der Waals surface area contributed by atoms with E-state index in [-0.39, 0.29) is 5.91 Å². The molecule has 0 saturated carbocycles. The van der Waals surface area contributed by atoms with Crippen LogP contribution in [-0.2, 0) is 0 Å². The molecule has 24 heavy (non-hydrogen) atoms. The number of rotatable bonds is 4. The number of para-hydroxylation sites is 1. The van der Waals surface area contributed by atoms with Crippen molar-refractivity contribution in [3.8, 4) is 5.69 Å². The molecule has 1 aliphatic rings. The van der Waals surface area contributed by atoms with E-state index in [2.05, 4.69) is 30.3 Å². The molecule has 0 aliphatic carbocycles. The van der Waals surface area contributed by atoms with Crippen LogP contribution in [0.5, 0.6) is 0 Å². The van der Waals surface area contributed by atoms with E-state index >= 15 is 0 Å². The lowest BCUT2D eigenvalue weighted by Crippen LogP contribution is -2.37. The van der Waals surface area contributed by atoms with Gasteiger partial charge in [0.15, 0.2) is 5.69 Å². The van der Waals surface area contributed by atoms with Gasteiger partial charge >= 0.3 is 0 Å². The first kappa shape index (κ1) is 17.0. The second-order valence-electron chi connectivity index (χ2n) is 6.43. The topological polar surface area (TPSA) is 41.4 Å². The SMILES string of the molecule is CS[C@H]1CN(C(=O)c2cc(C)n(-c3ccccc3)n2)C[C@H]1N(C)C. The smallest absolute Gasteiger partial charge is 0.274 e. The molecule has 6 heteroatoms. The summed E-state index contributed by atoms with van der Waals surface area (Å²) in [5.41, 5.74) is 2.47. The van der Waals surface area contributed by atoms with E-state index in [1.54, 1.807) is 0 Å². The molecule has 2 aromatic rings. The Balaban J connectivity index is 1.82. The van der Waals surface area contributed by atoms with E-state index in [0.29, 0.717) is 17.0 Å². The Hall–Kier alpha value is -1.79. The Morgan fingerprint density at radius 1 is 1.25 bits per heavy atom. The maximum Gasteiger partial charge on any atom is 0.274 e. The van der Waals surface area contributed by atoms with Gasteiger partial charge in [0.1, 0.15) is 0 Å². The second-order valence-corrected chi connectivity index (χ2v) is 7.51. The number of aromatic nitrogens is 2. The Kier molecular flexibility index (Phi) is 4.96. The minimum atomic E-state index is 0.0242. The summed E-state index contributed by atoms with van der Waals surface area (Å²) in [6.45, 7) is 3.52. The monoisotopic (exact) mass is 344 g/mol. The van der Waals surface area contributed by atoms with E-state index in [9.17, 15) is 4.79 Å². The molecule has 1 saturated heterocycles. The van der Waals surface area contributed by atoms with Crippen LogP contribution in [0.15, 0.2) is 36.4 Å². The molecule has 2 heterocycles. The van der Waals surface area contributed by atoms with Crippen molar-refractivity contribution in [3.63, 3.8) is 0 Å². The maximum absolute atomic E-state index is 12.9. The molecule has 1 aliphatic heterocycles. The quantitative estimate of drug-likeness (QED) is 0.853. The predicted molar refractivity (Wildman–Crippen MR) is 99.0 cm³/mol. The van der Waals surface area contributed by atoms with Crippen molar-refractivity contribution in [3.05, 3.63) is 47.8 Å². The van der Waals surface area contributed by atoms with Crippen LogP contribution in [0.25, 0.3) is 5.69 Å². The average molecular weight is 344 g/mol. The summed E-state index contributed by atoms with van der Waals surface area (Å²) < 4.78 is 1.83. The lowest BCUT2D eigenvalue weighted by atomic mass is 10.2. The average Bonchev–Trinajstić information content (AvgIpc) is 3.18. The molecule has 0 radical (unpaired) electrons. The third kappa shape index (κ3) is 3.21. The molecular formula is C18H24N4OS. The van der Waals surface area contributed by atoms with E-state index < -0.39 is 0 Å². The zero-order valence-electron chi connectivity index (χ0n) is 14.6. The number of likely N-dealkylation sites (N-methyl/N-ethyl adjacent to an activating group) is 1. The van der Waals surface area contributed by atoms with Crippen molar-refractivity contribution in [2.45, 2.75) is 18.2 Å². The van der Waals surface area contributed by atoms with Gasteiger partial charge in [-0.05, 0) is 45.5 Å². The molecule has 0 N–H and O–H groups in total. The Bertz CT molecular complexity index is 713. The summed E-state index contributed by atoms with van der Waals surface area (Å²) in [5, 5.41) is 5.00. The van der Waals surface area contributed by atoms with Crippen molar-refractivity contribution in [2.24, 2.45) is 0 Å². The number of benzene rings is 1. The predicted octanol–water partition coefficient (Wildman–Crippen LogP) is 2.30. The molecule has 128 valence electrons. The summed E-state index contributed by atoms with van der Waals surface area (Å²) in [7, 11) is 4.16. The molecule has 2 atom stereocenters. The highest BCUT2D eigenvalue weighted by Gasteiger charge is 2.37. The Labute approximate surface area is 147 Å². The van der Waals surface area contributed by atoms with Crippen LogP contribution in [0.4, 0.5) is 0 Å². The van der Waals surface area contributed by atoms with Crippen LogP contribution in [0.3, 0.4) is 0 Å².